The second kappa shape index (κ2) is 12.9. The molecule has 0 aliphatic carbocycles. The minimum Gasteiger partial charge on any atom is -0.508 e. The van der Waals surface area contributed by atoms with Crippen LogP contribution in [0.1, 0.15) is 39.0 Å². The number of benzene rings is 3. The first kappa shape index (κ1) is 30.9. The van der Waals surface area contributed by atoms with Gasteiger partial charge in [-0.25, -0.2) is 8.78 Å². The molecule has 0 unspecified atom stereocenters. The number of phenols is 1. The van der Waals surface area contributed by atoms with Crippen molar-refractivity contribution >= 4 is 29.3 Å². The lowest BCUT2D eigenvalue weighted by molar-refractivity contribution is -0.147. The Morgan fingerprint density at radius 1 is 1.05 bits per heavy atom. The summed E-state index contributed by atoms with van der Waals surface area (Å²) in [6, 6.07) is 15.5. The number of carbonyl (C=O) groups is 3. The number of alkyl halides is 2. The SMILES string of the molecule is Cc1cccc(Cl)c1CNC(=O)[C@@H]1CC(F)(F)CN1C(=O)[C@@H](O)[C@H](Cc1ccccc1)NC(=O)c1cccc(O)c1C. The van der Waals surface area contributed by atoms with Crippen molar-refractivity contribution in [2.75, 3.05) is 6.54 Å². The molecule has 1 aliphatic heterocycles. The van der Waals surface area contributed by atoms with Gasteiger partial charge in [-0.05, 0) is 55.2 Å². The van der Waals surface area contributed by atoms with Crippen LogP contribution in [0, 0.1) is 13.8 Å². The quantitative estimate of drug-likeness (QED) is 0.297. The first-order chi connectivity index (χ1) is 19.9. The zero-order valence-corrected chi connectivity index (χ0v) is 23.9. The maximum absolute atomic E-state index is 14.6. The number of amides is 3. The van der Waals surface area contributed by atoms with Gasteiger partial charge in [0.15, 0.2) is 6.10 Å². The van der Waals surface area contributed by atoms with Gasteiger partial charge in [-0.2, -0.15) is 0 Å². The molecule has 11 heteroatoms. The van der Waals surface area contributed by atoms with Crippen LogP contribution in [0.25, 0.3) is 0 Å². The van der Waals surface area contributed by atoms with Gasteiger partial charge in [-0.1, -0.05) is 60.1 Å². The molecule has 3 aromatic carbocycles. The third kappa shape index (κ3) is 7.06. The van der Waals surface area contributed by atoms with E-state index in [2.05, 4.69) is 10.6 Å². The van der Waals surface area contributed by atoms with Crippen LogP contribution in [0.3, 0.4) is 0 Å². The Balaban J connectivity index is 1.56. The highest BCUT2D eigenvalue weighted by Gasteiger charge is 2.51. The number of halogens is 3. The van der Waals surface area contributed by atoms with Crippen molar-refractivity contribution in [1.29, 1.82) is 0 Å². The molecule has 42 heavy (non-hydrogen) atoms. The number of hydrogen-bond donors (Lipinski definition) is 4. The van der Waals surface area contributed by atoms with Crippen molar-refractivity contribution in [3.05, 3.63) is 99.6 Å². The fourth-order valence-corrected chi connectivity index (χ4v) is 5.32. The summed E-state index contributed by atoms with van der Waals surface area (Å²) < 4.78 is 29.2. The Bertz CT molecular complexity index is 1450. The summed E-state index contributed by atoms with van der Waals surface area (Å²) in [5.41, 5.74) is 2.48. The van der Waals surface area contributed by atoms with Gasteiger partial charge in [0.1, 0.15) is 11.8 Å². The number of aryl methyl sites for hydroxylation is 1. The van der Waals surface area contributed by atoms with Crippen molar-refractivity contribution in [2.45, 2.75) is 57.3 Å². The molecular weight excluding hydrogens is 568 g/mol. The molecule has 1 aliphatic rings. The van der Waals surface area contributed by atoms with E-state index in [1.54, 1.807) is 55.5 Å². The van der Waals surface area contributed by atoms with E-state index < -0.39 is 54.8 Å². The Morgan fingerprint density at radius 2 is 1.74 bits per heavy atom. The number of aliphatic hydroxyl groups is 1. The fourth-order valence-electron chi connectivity index (χ4n) is 5.03. The first-order valence-corrected chi connectivity index (χ1v) is 13.8. The molecule has 3 aromatic rings. The Hall–Kier alpha value is -4.02. The van der Waals surface area contributed by atoms with E-state index in [-0.39, 0.29) is 24.3 Å². The Morgan fingerprint density at radius 3 is 2.43 bits per heavy atom. The van der Waals surface area contributed by atoms with E-state index >= 15 is 0 Å². The first-order valence-electron chi connectivity index (χ1n) is 13.4. The summed E-state index contributed by atoms with van der Waals surface area (Å²) in [6.07, 6.45) is -2.89. The van der Waals surface area contributed by atoms with E-state index in [0.29, 0.717) is 26.6 Å². The maximum atomic E-state index is 14.6. The summed E-state index contributed by atoms with van der Waals surface area (Å²) in [4.78, 5) is 40.5. The lowest BCUT2D eigenvalue weighted by atomic mass is 9.98. The molecule has 0 saturated carbocycles. The van der Waals surface area contributed by atoms with E-state index in [0.717, 1.165) is 5.56 Å². The lowest BCUT2D eigenvalue weighted by Gasteiger charge is -2.30. The number of carbonyl (C=O) groups excluding carboxylic acids is 3. The molecular formula is C31H32ClF2N3O5. The van der Waals surface area contributed by atoms with Crippen molar-refractivity contribution < 1.29 is 33.4 Å². The number of likely N-dealkylation sites (tertiary alicyclic amines) is 1. The summed E-state index contributed by atoms with van der Waals surface area (Å²) in [5.74, 6) is -6.08. The predicted octanol–water partition coefficient (Wildman–Crippen LogP) is 3.92. The van der Waals surface area contributed by atoms with Gasteiger partial charge in [0, 0.05) is 29.1 Å². The Labute approximate surface area is 247 Å². The van der Waals surface area contributed by atoms with E-state index in [4.69, 9.17) is 11.6 Å². The minimum absolute atomic E-state index is 0.00969. The maximum Gasteiger partial charge on any atom is 0.267 e. The molecule has 0 bridgehead atoms. The summed E-state index contributed by atoms with van der Waals surface area (Å²) in [6.45, 7) is 2.23. The van der Waals surface area contributed by atoms with Crippen molar-refractivity contribution in [3.8, 4) is 5.75 Å². The molecule has 3 amide bonds. The molecule has 0 spiro atoms. The monoisotopic (exact) mass is 599 g/mol. The van der Waals surface area contributed by atoms with E-state index in [1.807, 2.05) is 0 Å². The lowest BCUT2D eigenvalue weighted by Crippen LogP contribution is -2.56. The number of phenolic OH excluding ortho intramolecular Hbond substituents is 1. The zero-order valence-electron chi connectivity index (χ0n) is 23.1. The number of aromatic hydroxyl groups is 1. The van der Waals surface area contributed by atoms with E-state index in [9.17, 15) is 33.4 Å². The van der Waals surface area contributed by atoms with E-state index in [1.165, 1.54) is 25.1 Å². The highest BCUT2D eigenvalue weighted by molar-refractivity contribution is 6.31. The average Bonchev–Trinajstić information content (AvgIpc) is 3.28. The largest absolute Gasteiger partial charge is 0.508 e. The molecule has 0 aromatic heterocycles. The fraction of sp³-hybridized carbons (Fsp3) is 0.323. The van der Waals surface area contributed by atoms with Gasteiger partial charge in [0.2, 0.25) is 5.91 Å². The molecule has 0 radical (unpaired) electrons. The van der Waals surface area contributed by atoms with Crippen LogP contribution >= 0.6 is 11.6 Å². The number of aliphatic hydroxyl groups excluding tert-OH is 1. The van der Waals surface area contributed by atoms with Gasteiger partial charge in [-0.15, -0.1) is 0 Å². The highest BCUT2D eigenvalue weighted by atomic mass is 35.5. The molecule has 1 saturated heterocycles. The van der Waals surface area contributed by atoms with Gasteiger partial charge < -0.3 is 25.7 Å². The van der Waals surface area contributed by atoms with Crippen LogP contribution in [0.15, 0.2) is 66.7 Å². The number of nitrogens with zero attached hydrogens (tertiary/aromatic N) is 1. The number of nitrogens with one attached hydrogen (secondary N) is 2. The van der Waals surface area contributed by atoms with Crippen LogP contribution in [-0.2, 0) is 22.6 Å². The Kier molecular flexibility index (Phi) is 9.48. The zero-order chi connectivity index (χ0) is 30.6. The highest BCUT2D eigenvalue weighted by Crippen LogP contribution is 2.33. The van der Waals surface area contributed by atoms with Gasteiger partial charge >= 0.3 is 0 Å². The van der Waals surface area contributed by atoms with Crippen molar-refractivity contribution in [1.82, 2.24) is 15.5 Å². The molecule has 222 valence electrons. The third-order valence-electron chi connectivity index (χ3n) is 7.45. The molecule has 8 nitrogen and oxygen atoms in total. The average molecular weight is 600 g/mol. The van der Waals surface area contributed by atoms with Gasteiger partial charge in [0.25, 0.3) is 17.7 Å². The van der Waals surface area contributed by atoms with Gasteiger partial charge in [0.05, 0.1) is 12.6 Å². The summed E-state index contributed by atoms with van der Waals surface area (Å²) >= 11 is 6.23. The standard InChI is InChI=1S/C31H32ClF2N3O5/c1-18-8-6-12-23(32)22(18)16-35-29(41)25-15-31(33,34)17-37(25)30(42)27(39)24(14-20-9-4-3-5-10-20)36-28(40)21-11-7-13-26(38)19(21)2/h3-13,24-25,27,38-39H,14-17H2,1-2H3,(H,35,41)(H,36,40)/t24-,25-,27-/m0/s1. The van der Waals surface area contributed by atoms with Gasteiger partial charge in [-0.3, -0.25) is 14.4 Å². The number of hydrogen-bond acceptors (Lipinski definition) is 5. The molecule has 4 rings (SSSR count). The summed E-state index contributed by atoms with van der Waals surface area (Å²) in [5, 5.41) is 26.9. The normalized spacial score (nSPS) is 17.4. The van der Waals surface area contributed by atoms with Crippen LogP contribution in [0.5, 0.6) is 5.75 Å². The van der Waals surface area contributed by atoms with Crippen LogP contribution < -0.4 is 10.6 Å². The molecule has 1 fully saturated rings. The molecule has 1 heterocycles. The third-order valence-corrected chi connectivity index (χ3v) is 7.80. The van der Waals surface area contributed by atoms with Crippen molar-refractivity contribution in [2.24, 2.45) is 0 Å². The minimum atomic E-state index is -3.37. The second-order valence-corrected chi connectivity index (χ2v) is 10.9. The number of rotatable bonds is 9. The smallest absolute Gasteiger partial charge is 0.267 e. The summed E-state index contributed by atoms with van der Waals surface area (Å²) in [7, 11) is 0. The second-order valence-electron chi connectivity index (χ2n) is 10.5. The van der Waals surface area contributed by atoms with Crippen LogP contribution in [0.4, 0.5) is 8.78 Å². The predicted molar refractivity (Wildman–Crippen MR) is 153 cm³/mol. The molecule has 4 N–H and O–H groups in total. The molecule has 3 atom stereocenters. The van der Waals surface area contributed by atoms with Crippen LogP contribution in [0.2, 0.25) is 5.02 Å². The van der Waals surface area contributed by atoms with Crippen molar-refractivity contribution in [3.63, 3.8) is 0 Å². The van der Waals surface area contributed by atoms with Crippen LogP contribution in [-0.4, -0.2) is 63.5 Å². The topological polar surface area (TPSA) is 119 Å².